The Morgan fingerprint density at radius 2 is 2.12 bits per heavy atom. The Labute approximate surface area is 203 Å². The summed E-state index contributed by atoms with van der Waals surface area (Å²) < 4.78 is 20.3. The lowest BCUT2D eigenvalue weighted by molar-refractivity contribution is -0.128. The van der Waals surface area contributed by atoms with Crippen LogP contribution in [0.25, 0.3) is 21.8 Å². The minimum Gasteiger partial charge on any atom is -0.434 e. The number of pyridine rings is 1. The van der Waals surface area contributed by atoms with Gasteiger partial charge in [-0.2, -0.15) is 10.1 Å². The number of anilines is 1. The highest BCUT2D eigenvalue weighted by Crippen LogP contribution is 2.40. The molecule has 1 N–H and O–H groups in total. The molecule has 0 radical (unpaired) electrons. The fourth-order valence-corrected chi connectivity index (χ4v) is 4.49. The van der Waals surface area contributed by atoms with Gasteiger partial charge in [0.15, 0.2) is 5.75 Å². The van der Waals surface area contributed by atoms with Crippen molar-refractivity contribution in [2.75, 3.05) is 24.5 Å². The van der Waals surface area contributed by atoms with Crippen LogP contribution in [0.4, 0.5) is 10.2 Å². The van der Waals surface area contributed by atoms with E-state index in [9.17, 15) is 9.18 Å². The molecule has 5 rings (SSSR count). The van der Waals surface area contributed by atoms with E-state index in [1.807, 2.05) is 11.8 Å². The van der Waals surface area contributed by atoms with Crippen LogP contribution in [0.1, 0.15) is 6.92 Å². The van der Waals surface area contributed by atoms with Crippen LogP contribution in [0.3, 0.4) is 0 Å². The molecule has 4 heterocycles. The quantitative estimate of drug-likeness (QED) is 0.327. The second-order valence-electron chi connectivity index (χ2n) is 7.81. The summed E-state index contributed by atoms with van der Waals surface area (Å²) in [6, 6.07) is 2.82. The van der Waals surface area contributed by atoms with Crippen molar-refractivity contribution in [1.82, 2.24) is 30.0 Å². The number of aromatic nitrogens is 5. The number of hydrogen-bond donors (Lipinski definition) is 1. The number of piperazine rings is 1. The molecular formula is C22H18Cl2FN7O2. The van der Waals surface area contributed by atoms with Crippen molar-refractivity contribution in [3.63, 3.8) is 0 Å². The topological polar surface area (TPSA) is 100 Å². The standard InChI is InChI=1S/C22H18Cl2FN7O2/c1-3-17(33)32-5-4-31(9-11(32)2)21-12-6-16(23)29-22(19(12)26-10-27-21)34-20-13-8-28-30-15(13)7-14(25)18(20)24/h3,6-8,10-11H,1,4-5,9H2,2H3,(H,28,30)/t11-/m1/s1. The molecule has 0 unspecified atom stereocenters. The molecule has 0 spiro atoms. The van der Waals surface area contributed by atoms with E-state index >= 15 is 0 Å². The van der Waals surface area contributed by atoms with E-state index in [4.69, 9.17) is 27.9 Å². The minimum absolute atomic E-state index is 0.0480. The second kappa shape index (κ2) is 8.69. The first-order valence-corrected chi connectivity index (χ1v) is 11.1. The van der Waals surface area contributed by atoms with Crippen molar-refractivity contribution in [2.45, 2.75) is 13.0 Å². The first kappa shape index (κ1) is 22.3. The summed E-state index contributed by atoms with van der Waals surface area (Å²) in [6.45, 7) is 7.14. The Kier molecular flexibility index (Phi) is 5.70. The van der Waals surface area contributed by atoms with Crippen molar-refractivity contribution in [3.05, 3.63) is 53.3 Å². The SMILES string of the molecule is C=CC(=O)N1CCN(c2ncnc3c(Oc4c(Cl)c(F)cc5[nH]ncc45)nc(Cl)cc23)C[C@H]1C. The van der Waals surface area contributed by atoms with Gasteiger partial charge >= 0.3 is 0 Å². The van der Waals surface area contributed by atoms with E-state index in [-0.39, 0.29) is 33.8 Å². The number of amides is 1. The highest BCUT2D eigenvalue weighted by molar-refractivity contribution is 6.33. The number of fused-ring (bicyclic) bond motifs is 2. The number of aromatic amines is 1. The van der Waals surface area contributed by atoms with Crippen LogP contribution in [0.2, 0.25) is 10.2 Å². The molecule has 9 nitrogen and oxygen atoms in total. The van der Waals surface area contributed by atoms with Gasteiger partial charge in [-0.15, -0.1) is 0 Å². The van der Waals surface area contributed by atoms with E-state index in [0.29, 0.717) is 47.3 Å². The predicted octanol–water partition coefficient (Wildman–Crippen LogP) is 4.36. The molecule has 0 aliphatic carbocycles. The van der Waals surface area contributed by atoms with E-state index in [0.717, 1.165) is 0 Å². The third-order valence-corrected chi connectivity index (χ3v) is 6.26. The summed E-state index contributed by atoms with van der Waals surface area (Å²) in [4.78, 5) is 29.0. The molecule has 12 heteroatoms. The van der Waals surface area contributed by atoms with Crippen molar-refractivity contribution < 1.29 is 13.9 Å². The molecule has 34 heavy (non-hydrogen) atoms. The maximum Gasteiger partial charge on any atom is 0.247 e. The van der Waals surface area contributed by atoms with E-state index in [1.165, 1.54) is 24.7 Å². The van der Waals surface area contributed by atoms with E-state index < -0.39 is 5.82 Å². The average molecular weight is 502 g/mol. The van der Waals surface area contributed by atoms with Crippen LogP contribution in [0.15, 0.2) is 37.3 Å². The fourth-order valence-electron chi connectivity index (χ4n) is 4.11. The van der Waals surface area contributed by atoms with Gasteiger partial charge in [0, 0.05) is 31.7 Å². The number of carbonyl (C=O) groups is 1. The normalized spacial score (nSPS) is 16.3. The minimum atomic E-state index is -0.670. The maximum atomic E-state index is 14.4. The Balaban J connectivity index is 1.56. The number of ether oxygens (including phenoxy) is 1. The Morgan fingerprint density at radius 3 is 2.88 bits per heavy atom. The van der Waals surface area contributed by atoms with Crippen LogP contribution in [0.5, 0.6) is 11.6 Å². The number of hydrogen-bond acceptors (Lipinski definition) is 7. The van der Waals surface area contributed by atoms with Crippen LogP contribution in [0, 0.1) is 5.82 Å². The lowest BCUT2D eigenvalue weighted by Gasteiger charge is -2.40. The highest BCUT2D eigenvalue weighted by Gasteiger charge is 2.28. The molecule has 0 bridgehead atoms. The largest absolute Gasteiger partial charge is 0.434 e. The number of nitrogens with one attached hydrogen (secondary N) is 1. The number of benzene rings is 1. The van der Waals surface area contributed by atoms with Crippen molar-refractivity contribution in [1.29, 1.82) is 0 Å². The lowest BCUT2D eigenvalue weighted by Crippen LogP contribution is -2.54. The third kappa shape index (κ3) is 3.78. The van der Waals surface area contributed by atoms with Gasteiger partial charge in [0.25, 0.3) is 0 Å². The molecular weight excluding hydrogens is 484 g/mol. The van der Waals surface area contributed by atoms with Gasteiger partial charge in [-0.25, -0.2) is 14.4 Å². The summed E-state index contributed by atoms with van der Waals surface area (Å²) in [5, 5.41) is 7.63. The molecule has 1 fully saturated rings. The highest BCUT2D eigenvalue weighted by atomic mass is 35.5. The smallest absolute Gasteiger partial charge is 0.247 e. The van der Waals surface area contributed by atoms with Gasteiger partial charge in [0.05, 0.1) is 22.5 Å². The molecule has 174 valence electrons. The van der Waals surface area contributed by atoms with Crippen LogP contribution >= 0.6 is 23.2 Å². The Hall–Kier alpha value is -3.50. The van der Waals surface area contributed by atoms with Crippen LogP contribution in [-0.4, -0.2) is 61.6 Å². The van der Waals surface area contributed by atoms with E-state index in [2.05, 4.69) is 31.7 Å². The van der Waals surface area contributed by atoms with Gasteiger partial charge in [-0.3, -0.25) is 9.89 Å². The number of nitrogens with zero attached hydrogens (tertiary/aromatic N) is 6. The van der Waals surface area contributed by atoms with Gasteiger partial charge in [0.1, 0.15) is 33.7 Å². The Morgan fingerprint density at radius 1 is 1.29 bits per heavy atom. The number of H-pyrrole nitrogens is 1. The summed E-state index contributed by atoms with van der Waals surface area (Å²) in [5.74, 6) is -0.0619. The third-order valence-electron chi connectivity index (χ3n) is 5.71. The molecule has 1 atom stereocenters. The van der Waals surface area contributed by atoms with Gasteiger partial charge < -0.3 is 14.5 Å². The molecule has 0 saturated carbocycles. The molecule has 1 aromatic carbocycles. The zero-order chi connectivity index (χ0) is 24.0. The lowest BCUT2D eigenvalue weighted by atomic mass is 10.1. The number of halogens is 3. The summed E-state index contributed by atoms with van der Waals surface area (Å²) in [7, 11) is 0. The summed E-state index contributed by atoms with van der Waals surface area (Å²) in [5.41, 5.74) is 0.795. The number of carbonyl (C=O) groups excluding carboxylic acids is 1. The predicted molar refractivity (Wildman–Crippen MR) is 127 cm³/mol. The molecule has 3 aromatic heterocycles. The fraction of sp³-hybridized carbons (Fsp3) is 0.227. The van der Waals surface area contributed by atoms with Gasteiger partial charge in [-0.05, 0) is 19.1 Å². The zero-order valence-electron chi connectivity index (χ0n) is 17.9. The molecule has 4 aromatic rings. The monoisotopic (exact) mass is 501 g/mol. The van der Waals surface area contributed by atoms with Gasteiger partial charge in [0.2, 0.25) is 11.8 Å². The Bertz CT molecular complexity index is 1440. The molecule has 1 aliphatic heterocycles. The molecule has 1 aliphatic rings. The first-order chi connectivity index (χ1) is 16.4. The van der Waals surface area contributed by atoms with Crippen LogP contribution < -0.4 is 9.64 Å². The molecule has 1 amide bonds. The van der Waals surface area contributed by atoms with E-state index in [1.54, 1.807) is 11.0 Å². The maximum absolute atomic E-state index is 14.4. The number of rotatable bonds is 4. The van der Waals surface area contributed by atoms with Crippen LogP contribution in [-0.2, 0) is 4.79 Å². The van der Waals surface area contributed by atoms with Crippen molar-refractivity contribution >= 4 is 56.7 Å². The second-order valence-corrected chi connectivity index (χ2v) is 8.57. The average Bonchev–Trinajstić information content (AvgIpc) is 3.29. The summed E-state index contributed by atoms with van der Waals surface area (Å²) >= 11 is 12.5. The molecule has 1 saturated heterocycles. The zero-order valence-corrected chi connectivity index (χ0v) is 19.4. The summed E-state index contributed by atoms with van der Waals surface area (Å²) in [6.07, 6.45) is 4.19. The van der Waals surface area contributed by atoms with Gasteiger partial charge in [-0.1, -0.05) is 29.8 Å². The van der Waals surface area contributed by atoms with Crippen molar-refractivity contribution in [3.8, 4) is 11.6 Å². The van der Waals surface area contributed by atoms with Crippen molar-refractivity contribution in [2.24, 2.45) is 0 Å². The first-order valence-electron chi connectivity index (χ1n) is 10.4.